The predicted octanol–water partition coefficient (Wildman–Crippen LogP) is 5.28. The van der Waals surface area contributed by atoms with Crippen LogP contribution < -0.4 is 0 Å². The van der Waals surface area contributed by atoms with Crippen molar-refractivity contribution in [3.63, 3.8) is 0 Å². The summed E-state index contributed by atoms with van der Waals surface area (Å²) in [6.07, 6.45) is 7.21. The van der Waals surface area contributed by atoms with E-state index in [1.54, 1.807) is 24.7 Å². The number of ether oxygens (including phenoxy) is 1. The topological polar surface area (TPSA) is 27.1 Å². The van der Waals surface area contributed by atoms with Crippen LogP contribution in [0.2, 0.25) is 5.02 Å². The summed E-state index contributed by atoms with van der Waals surface area (Å²) in [7, 11) is 0. The minimum absolute atomic E-state index is 0.238. The number of imidazole rings is 1. The van der Waals surface area contributed by atoms with Crippen molar-refractivity contribution in [3.8, 4) is 0 Å². The third kappa shape index (κ3) is 5.41. The molecule has 1 heterocycles. The van der Waals surface area contributed by atoms with E-state index in [1.807, 2.05) is 35.0 Å². The Morgan fingerprint density at radius 3 is 2.42 bits per heavy atom. The molecule has 0 saturated carbocycles. The Hall–Kier alpha value is -2.17. The zero-order chi connectivity index (χ0) is 18.4. The molecule has 0 aliphatic carbocycles. The van der Waals surface area contributed by atoms with Crippen molar-refractivity contribution >= 4 is 11.6 Å². The minimum atomic E-state index is -0.380. The molecule has 2 aromatic carbocycles. The quantitative estimate of drug-likeness (QED) is 0.537. The van der Waals surface area contributed by atoms with E-state index in [1.165, 1.54) is 17.7 Å². The molecule has 136 valence electrons. The average molecular weight is 373 g/mol. The second-order valence-electron chi connectivity index (χ2n) is 6.73. The molecule has 0 fully saturated rings. The van der Waals surface area contributed by atoms with Crippen LogP contribution in [0.15, 0.2) is 67.3 Å². The normalized spacial score (nSPS) is 13.5. The highest BCUT2D eigenvalue weighted by Crippen LogP contribution is 2.24. The molecular formula is C21H22ClFN2O. The number of aryl methyl sites for hydroxylation is 1. The fourth-order valence-electron chi connectivity index (χ4n) is 2.86. The average Bonchev–Trinajstić information content (AvgIpc) is 3.14. The maximum Gasteiger partial charge on any atom is 0.123 e. The fourth-order valence-corrected chi connectivity index (χ4v) is 2.99. The highest BCUT2D eigenvalue weighted by Gasteiger charge is 2.26. The molecular weight excluding hydrogens is 351 g/mol. The molecule has 3 nitrogen and oxygen atoms in total. The van der Waals surface area contributed by atoms with E-state index in [0.717, 1.165) is 23.4 Å². The summed E-state index contributed by atoms with van der Waals surface area (Å²) < 4.78 is 21.4. The molecule has 0 spiro atoms. The van der Waals surface area contributed by atoms with Gasteiger partial charge in [0.1, 0.15) is 5.82 Å². The van der Waals surface area contributed by atoms with Crippen molar-refractivity contribution < 1.29 is 9.13 Å². The molecule has 1 atom stereocenters. The van der Waals surface area contributed by atoms with Crippen LogP contribution in [0.1, 0.15) is 24.5 Å². The summed E-state index contributed by atoms with van der Waals surface area (Å²) in [5, 5.41) is 0.738. The van der Waals surface area contributed by atoms with Gasteiger partial charge in [-0.25, -0.2) is 9.37 Å². The van der Waals surface area contributed by atoms with Gasteiger partial charge in [0.25, 0.3) is 0 Å². The highest BCUT2D eigenvalue weighted by atomic mass is 35.5. The fraction of sp³-hybridized carbons (Fsp3) is 0.286. The van der Waals surface area contributed by atoms with Gasteiger partial charge in [-0.05, 0) is 55.2 Å². The van der Waals surface area contributed by atoms with Crippen LogP contribution in [0.25, 0.3) is 0 Å². The molecule has 1 aromatic heterocycles. The maximum absolute atomic E-state index is 13.1. The Bertz CT molecular complexity index is 752. The Kier molecular flexibility index (Phi) is 6.07. The van der Waals surface area contributed by atoms with Crippen LogP contribution in [0, 0.1) is 5.82 Å². The maximum atomic E-state index is 13.1. The number of hydrogen-bond donors (Lipinski definition) is 0. The first-order valence-corrected chi connectivity index (χ1v) is 8.99. The lowest BCUT2D eigenvalue weighted by Crippen LogP contribution is -2.34. The monoisotopic (exact) mass is 372 g/mol. The first-order valence-electron chi connectivity index (χ1n) is 8.61. The molecule has 3 aromatic rings. The molecule has 0 amide bonds. The van der Waals surface area contributed by atoms with Crippen molar-refractivity contribution in [2.75, 3.05) is 0 Å². The molecule has 5 heteroatoms. The van der Waals surface area contributed by atoms with E-state index in [2.05, 4.69) is 11.9 Å². The number of nitrogens with zero attached hydrogens (tertiary/aromatic N) is 2. The second-order valence-corrected chi connectivity index (χ2v) is 7.16. The third-order valence-electron chi connectivity index (χ3n) is 4.43. The van der Waals surface area contributed by atoms with Crippen LogP contribution in [0.4, 0.5) is 4.39 Å². The van der Waals surface area contributed by atoms with E-state index < -0.39 is 0 Å². The molecule has 26 heavy (non-hydrogen) atoms. The molecule has 0 saturated heterocycles. The Balaban J connectivity index is 1.68. The van der Waals surface area contributed by atoms with Crippen LogP contribution >= 0.6 is 11.6 Å². The molecule has 0 aliphatic rings. The van der Waals surface area contributed by atoms with Crippen LogP contribution in [-0.2, 0) is 24.3 Å². The summed E-state index contributed by atoms with van der Waals surface area (Å²) in [6.45, 7) is 3.24. The summed E-state index contributed by atoms with van der Waals surface area (Å²) in [4.78, 5) is 4.11. The summed E-state index contributed by atoms with van der Waals surface area (Å²) in [6, 6.07) is 14.3. The van der Waals surface area contributed by atoms with E-state index in [0.29, 0.717) is 13.2 Å². The second kappa shape index (κ2) is 8.47. The minimum Gasteiger partial charge on any atom is -0.369 e. The van der Waals surface area contributed by atoms with Gasteiger partial charge in [-0.1, -0.05) is 35.9 Å². The van der Waals surface area contributed by atoms with E-state index in [9.17, 15) is 4.39 Å². The van der Waals surface area contributed by atoms with Gasteiger partial charge in [0, 0.05) is 17.4 Å². The van der Waals surface area contributed by atoms with Crippen LogP contribution in [0.3, 0.4) is 0 Å². The van der Waals surface area contributed by atoms with Crippen LogP contribution in [0.5, 0.6) is 0 Å². The summed E-state index contributed by atoms with van der Waals surface area (Å²) in [5.41, 5.74) is 1.79. The zero-order valence-electron chi connectivity index (χ0n) is 14.7. The molecule has 3 rings (SSSR count). The van der Waals surface area contributed by atoms with Crippen LogP contribution in [-0.4, -0.2) is 15.2 Å². The predicted molar refractivity (Wildman–Crippen MR) is 102 cm³/mol. The molecule has 1 unspecified atom stereocenters. The van der Waals surface area contributed by atoms with Gasteiger partial charge in [-0.3, -0.25) is 0 Å². The molecule has 0 bridgehead atoms. The van der Waals surface area contributed by atoms with Gasteiger partial charge in [0.15, 0.2) is 0 Å². The van der Waals surface area contributed by atoms with Gasteiger partial charge >= 0.3 is 0 Å². The van der Waals surface area contributed by atoms with E-state index >= 15 is 0 Å². The lowest BCUT2D eigenvalue weighted by atomic mass is 9.96. The van der Waals surface area contributed by atoms with E-state index in [4.69, 9.17) is 16.3 Å². The van der Waals surface area contributed by atoms with Gasteiger partial charge in [-0.15, -0.1) is 0 Å². The van der Waals surface area contributed by atoms with Gasteiger partial charge in [-0.2, -0.15) is 0 Å². The van der Waals surface area contributed by atoms with Crippen molar-refractivity contribution in [2.24, 2.45) is 0 Å². The van der Waals surface area contributed by atoms with Crippen molar-refractivity contribution in [3.05, 3.63) is 89.2 Å². The number of benzene rings is 2. The lowest BCUT2D eigenvalue weighted by molar-refractivity contribution is -0.0602. The first-order chi connectivity index (χ1) is 12.5. The zero-order valence-corrected chi connectivity index (χ0v) is 15.5. The van der Waals surface area contributed by atoms with Gasteiger partial charge in [0.05, 0.1) is 25.1 Å². The summed E-state index contributed by atoms with van der Waals surface area (Å²) in [5.74, 6) is -0.238. The molecule has 0 N–H and O–H groups in total. The summed E-state index contributed by atoms with van der Waals surface area (Å²) >= 11 is 5.96. The van der Waals surface area contributed by atoms with Crippen molar-refractivity contribution in [2.45, 2.75) is 38.5 Å². The first kappa shape index (κ1) is 18.6. The molecule has 0 radical (unpaired) electrons. The Morgan fingerprint density at radius 1 is 1.08 bits per heavy atom. The van der Waals surface area contributed by atoms with Crippen molar-refractivity contribution in [1.82, 2.24) is 9.55 Å². The Morgan fingerprint density at radius 2 is 1.77 bits per heavy atom. The lowest BCUT2D eigenvalue weighted by Gasteiger charge is -2.30. The standard InChI is InChI=1S/C21H22ClFN2O/c1-21(15-25-13-12-24-16-25,11-10-17-2-6-19(22)7-3-17)26-14-18-4-8-20(23)9-5-18/h2-9,12-13,16H,10-11,14-15H2,1H3. The SMILES string of the molecule is CC(CCc1ccc(Cl)cc1)(Cn1ccnc1)OCc1ccc(F)cc1. The Labute approximate surface area is 158 Å². The number of halogens is 2. The van der Waals surface area contributed by atoms with Crippen molar-refractivity contribution in [1.29, 1.82) is 0 Å². The highest BCUT2D eigenvalue weighted by molar-refractivity contribution is 6.30. The number of aromatic nitrogens is 2. The van der Waals surface area contributed by atoms with Gasteiger partial charge < -0.3 is 9.30 Å². The number of hydrogen-bond acceptors (Lipinski definition) is 2. The number of rotatable bonds is 8. The van der Waals surface area contributed by atoms with Gasteiger partial charge in [0.2, 0.25) is 0 Å². The third-order valence-corrected chi connectivity index (χ3v) is 4.68. The largest absolute Gasteiger partial charge is 0.369 e. The molecule has 0 aliphatic heterocycles. The van der Waals surface area contributed by atoms with E-state index in [-0.39, 0.29) is 11.4 Å². The smallest absolute Gasteiger partial charge is 0.123 e.